The Hall–Kier alpha value is 1.43. The molecule has 0 bridgehead atoms. The Labute approximate surface area is 890 Å². The van der Waals surface area contributed by atoms with E-state index in [1.165, 1.54) is 77.0 Å². The summed E-state index contributed by atoms with van der Waals surface area (Å²) >= 11 is 51.0. The van der Waals surface area contributed by atoms with Crippen LogP contribution < -0.4 is 29.6 Å². The van der Waals surface area contributed by atoms with Crippen molar-refractivity contribution in [2.75, 3.05) is 0 Å². The average Bonchev–Trinajstić information content (AvgIpc) is 1.51. The molecule has 0 unspecified atom stereocenters. The van der Waals surface area contributed by atoms with Gasteiger partial charge in [0.15, 0.2) is 4.21 Å². The molecule has 0 saturated heterocycles. The van der Waals surface area contributed by atoms with Gasteiger partial charge in [-0.3, -0.25) is 0 Å². The second kappa shape index (κ2) is 44.5. The molecule has 0 radical (unpaired) electrons. The van der Waals surface area contributed by atoms with Crippen molar-refractivity contribution in [2.45, 2.75) is 43.5 Å². The number of fused-ring (bicyclic) bond motifs is 1. The van der Waals surface area contributed by atoms with Crippen LogP contribution in [0.5, 0.6) is 0 Å². The van der Waals surface area contributed by atoms with E-state index in [0.717, 1.165) is 94.4 Å². The summed E-state index contributed by atoms with van der Waals surface area (Å²) in [6.07, 6.45) is 10.2. The number of thiophene rings is 11. The quantitative estimate of drug-likeness (QED) is 0.0959. The summed E-state index contributed by atoms with van der Waals surface area (Å²) < 4.78 is 357. The first-order chi connectivity index (χ1) is 55.2. The van der Waals surface area contributed by atoms with Gasteiger partial charge in [0.2, 0.25) is 0 Å². The summed E-state index contributed by atoms with van der Waals surface area (Å²) in [7, 11) is -59.3. The van der Waals surface area contributed by atoms with Gasteiger partial charge in [0.05, 0.1) is 32.4 Å². The van der Waals surface area contributed by atoms with Crippen molar-refractivity contribution in [3.05, 3.63) is 214 Å². The standard InChI is InChI=1S/2C9H11BrSSi.2C6H3Br2F5S2.2C6H2BrF5S2.2C6H3BrS.C6H3F5S3.C4H2Br2S.BrF5S.Na.H2O/c2*1-12(2,3)5-4-8-6-11-7-9(8)10;2*7-5-2-14-1-4(5)6(8)3-15(9,10,11,12)13;2*7-6-4-13-3-5(6)1-2-14(8,9,10,11)12;2*1-2-5-3-8-4-6(5)7;7-14(8,9,10,11)6-1-4-2-12-3-5(4)13-6;5-3-1-7-2-4(3)6;1-7(2,3,4,5)6;;/h2*6-7H,1-3H3;2*1-3H;2*3-4H;2*1,3-4H;1-3H;1-2H;;;1H2/q;;;;;;;;;;;+1;/p-1/b;;2*6-3+;;;;;;;;;. The molecule has 128 heavy (non-hydrogen) atoms. The molecule has 64 heteroatoms. The SMILES string of the molecule is Brc1cscc1Br.C#Cc1cscc1Br.C#Cc1cscc1Br.C[Si](C)(C)C#Cc1cscc1Br.C[Si](C)(C)C#Cc1cscc1Br.FS(F)(F)(F)(F)/C=C(/Br)c1cscc1Br.FS(F)(F)(F)(F)/C=C(/Br)c1cscc1Br.FS(F)(F)(F)(F)Br.FS(F)(F)(F)(F)C#Cc1cscc1Br.FS(F)(F)(F)(F)C#Cc1cscc1Br.FS(F)(F)(F)(F)c1cc2cscc2s1.[Na+].[OH-]. The van der Waals surface area contributed by atoms with Crippen molar-refractivity contribution in [1.29, 1.82) is 0 Å². The van der Waals surface area contributed by atoms with Crippen LogP contribution in [0.15, 0.2) is 173 Å². The second-order valence-corrected chi connectivity index (χ2v) is 69.6. The molecule has 11 heterocycles. The van der Waals surface area contributed by atoms with Crippen LogP contribution in [0.4, 0.5) is 117 Å². The van der Waals surface area contributed by atoms with Crippen molar-refractivity contribution < 1.29 is 152 Å². The third-order valence-electron chi connectivity index (χ3n) is 10.4. The third kappa shape index (κ3) is 67.7. The van der Waals surface area contributed by atoms with Gasteiger partial charge in [0.1, 0.15) is 31.0 Å². The molecule has 0 saturated carbocycles. The molecule has 718 valence electrons. The monoisotopic (exact) mass is 3050 g/mol. The number of rotatable bonds is 5. The zero-order valence-corrected chi connectivity index (χ0v) is 101. The van der Waals surface area contributed by atoms with Crippen LogP contribution in [0.3, 0.4) is 0 Å². The van der Waals surface area contributed by atoms with Gasteiger partial charge in [0, 0.05) is 199 Å². The van der Waals surface area contributed by atoms with Gasteiger partial charge < -0.3 is 5.48 Å². The smallest absolute Gasteiger partial charge is 0.870 e. The summed E-state index contributed by atoms with van der Waals surface area (Å²) in [4.78, 5) is 0. The van der Waals surface area contributed by atoms with Crippen LogP contribution in [0.1, 0.15) is 44.5 Å². The Balaban J connectivity index is 0. The number of terminal acetylenes is 2. The Morgan fingerprint density at radius 1 is 0.320 bits per heavy atom. The van der Waals surface area contributed by atoms with Gasteiger partial charge in [-0.1, -0.05) is 180 Å². The first-order valence-electron chi connectivity index (χ1n) is 29.8. The van der Waals surface area contributed by atoms with E-state index in [1.807, 2.05) is 32.3 Å². The zero-order valence-electron chi connectivity index (χ0n) is 62.6. The van der Waals surface area contributed by atoms with Crippen molar-refractivity contribution in [3.63, 3.8) is 0 Å². The van der Waals surface area contributed by atoms with Gasteiger partial charge >= 0.3 is 89.3 Å². The van der Waals surface area contributed by atoms with E-state index in [2.05, 4.69) is 287 Å². The van der Waals surface area contributed by atoms with Crippen LogP contribution in [-0.2, 0) is 0 Å². The van der Waals surface area contributed by atoms with E-state index in [4.69, 9.17) is 12.8 Å². The Morgan fingerprint density at radius 3 is 0.711 bits per heavy atom. The minimum atomic E-state index is -9.60. The first-order valence-corrected chi connectivity index (χ1v) is 70.2. The molecular formula is C64H44Br13F30NaOS17Si2. The van der Waals surface area contributed by atoms with Gasteiger partial charge in [-0.05, 0) is 214 Å². The molecular weight excluding hydrogens is 3020 g/mol. The maximum Gasteiger partial charge on any atom is 1.00 e. The molecule has 11 aromatic rings. The molecule has 0 spiro atoms. The maximum absolute atomic E-state index is 12.3. The van der Waals surface area contributed by atoms with Crippen molar-refractivity contribution in [1.82, 2.24) is 0 Å². The van der Waals surface area contributed by atoms with Crippen LogP contribution in [0, 0.1) is 70.0 Å². The second-order valence-electron chi connectivity index (χ2n) is 24.4. The van der Waals surface area contributed by atoms with Crippen LogP contribution in [0.2, 0.25) is 39.3 Å². The van der Waals surface area contributed by atoms with E-state index in [1.54, 1.807) is 56.7 Å². The molecule has 11 aromatic heterocycles. The summed E-state index contributed by atoms with van der Waals surface area (Å²) in [5.74, 6) is 14.3. The van der Waals surface area contributed by atoms with Crippen molar-refractivity contribution in [3.8, 4) is 70.0 Å². The van der Waals surface area contributed by atoms with Gasteiger partial charge in [-0.2, -0.15) is 45.3 Å². The normalized spacial score (nSPS) is 14.7. The Bertz CT molecular complexity index is 5710. The molecule has 0 aliphatic rings. The molecule has 1 N–H and O–H groups in total. The minimum Gasteiger partial charge on any atom is -0.870 e. The minimum absolute atomic E-state index is 0. The zero-order chi connectivity index (χ0) is 98.8. The fourth-order valence-electron chi connectivity index (χ4n) is 5.69. The number of halogens is 43. The van der Waals surface area contributed by atoms with E-state index in [-0.39, 0.29) is 98.2 Å². The molecule has 0 fully saturated rings. The van der Waals surface area contributed by atoms with Crippen LogP contribution >= 0.6 is 390 Å². The topological polar surface area (TPSA) is 30.0 Å². The van der Waals surface area contributed by atoms with E-state index >= 15 is 0 Å². The molecule has 1 nitrogen and oxygen atoms in total. The van der Waals surface area contributed by atoms with E-state index in [9.17, 15) is 117 Å². The van der Waals surface area contributed by atoms with Gasteiger partial charge in [-0.15, -0.1) is 103 Å². The first kappa shape index (κ1) is 131. The fourth-order valence-corrected chi connectivity index (χ4v) is 27.7. The van der Waals surface area contributed by atoms with Crippen molar-refractivity contribution >= 4 is 426 Å². The molecule has 0 amide bonds. The molecule has 0 aliphatic heterocycles. The molecule has 0 atom stereocenters. The molecule has 0 aliphatic carbocycles. The summed E-state index contributed by atoms with van der Waals surface area (Å²) in [6, 6.07) is 0.512. The largest absolute Gasteiger partial charge is 1.00 e. The summed E-state index contributed by atoms with van der Waals surface area (Å²) in [5, 5.41) is 32.6. The Morgan fingerprint density at radius 2 is 0.539 bits per heavy atom. The van der Waals surface area contributed by atoms with Crippen LogP contribution in [-0.4, -0.2) is 21.6 Å². The van der Waals surface area contributed by atoms with E-state index in [0.29, 0.717) is 29.8 Å². The molecule has 0 aromatic carbocycles. The van der Waals surface area contributed by atoms with Gasteiger partial charge in [-0.25, -0.2) is 0 Å². The summed E-state index contributed by atoms with van der Waals surface area (Å²) in [6.45, 7) is 13.5. The maximum atomic E-state index is 12.3. The van der Waals surface area contributed by atoms with Crippen molar-refractivity contribution in [2.24, 2.45) is 0 Å². The average molecular weight is 3060 g/mol. The number of hydrogen-bond donors (Lipinski definition) is 0. The molecule has 11 rings (SSSR count). The number of hydrogen-bond acceptors (Lipinski definition) is 12. The third-order valence-corrected chi connectivity index (χ3v) is 37.1. The Kier molecular flexibility index (Phi) is 45.7. The van der Waals surface area contributed by atoms with Crippen LogP contribution in [0.25, 0.3) is 19.1 Å². The van der Waals surface area contributed by atoms with E-state index < -0.39 is 99.9 Å². The van der Waals surface area contributed by atoms with Gasteiger partial charge in [0.25, 0.3) is 0 Å². The fraction of sp³-hybridized carbons (Fsp3) is 0.0938. The predicted octanol–water partition coefficient (Wildman–Crippen LogP) is 45.0. The predicted molar refractivity (Wildman–Crippen MR) is 547 cm³/mol. The summed E-state index contributed by atoms with van der Waals surface area (Å²) in [5.41, 5.74) is 10.7.